The number of rotatable bonds is 14. The third kappa shape index (κ3) is 12.8. The number of likely N-dealkylation sites (N-methyl/N-ethyl adjacent to an activating group) is 2. The van der Waals surface area contributed by atoms with Crippen molar-refractivity contribution in [3.05, 3.63) is 23.8 Å². The Kier molecular flexibility index (Phi) is 21.5. The summed E-state index contributed by atoms with van der Waals surface area (Å²) in [6.45, 7) is 22.1. The zero-order chi connectivity index (χ0) is 64.4. The number of methoxy groups -OCH3 is 1. The van der Waals surface area contributed by atoms with Crippen molar-refractivity contribution in [2.75, 3.05) is 41.4 Å². The molecule has 0 radical (unpaired) electrons. The third-order valence-electron chi connectivity index (χ3n) is 22.0. The van der Waals surface area contributed by atoms with Gasteiger partial charge in [-0.25, -0.2) is 13.6 Å². The second-order valence-corrected chi connectivity index (χ2v) is 28.5. The average molecular weight is 1230 g/mol. The van der Waals surface area contributed by atoms with E-state index in [1.807, 2.05) is 37.7 Å². The Morgan fingerprint density at radius 1 is 0.860 bits per heavy atom. The molecule has 22 heteroatoms. The molecule has 0 aromatic heterocycles. The van der Waals surface area contributed by atoms with E-state index in [0.29, 0.717) is 13.0 Å². The summed E-state index contributed by atoms with van der Waals surface area (Å²) in [7, 11) is 6.95. The van der Waals surface area contributed by atoms with Gasteiger partial charge in [0.25, 0.3) is 0 Å². The van der Waals surface area contributed by atoms with E-state index < -0.39 is 178 Å². The van der Waals surface area contributed by atoms with Crippen LogP contribution in [0.3, 0.4) is 0 Å². The number of hydrogen-bond donors (Lipinski definition) is 6. The number of ether oxygens (including phenoxy) is 8. The van der Waals surface area contributed by atoms with Crippen molar-refractivity contribution in [3.8, 4) is 0 Å². The summed E-state index contributed by atoms with van der Waals surface area (Å²) in [5.41, 5.74) is -12.4. The predicted octanol–water partition coefficient (Wildman–Crippen LogP) is 5.46. The Bertz CT molecular complexity index is 2480. The first-order valence-electron chi connectivity index (χ1n) is 31.4. The minimum atomic E-state index is -2.39. The van der Waals surface area contributed by atoms with E-state index in [4.69, 9.17) is 37.9 Å². The lowest BCUT2D eigenvalue weighted by Gasteiger charge is -2.62. The van der Waals surface area contributed by atoms with Gasteiger partial charge in [-0.2, -0.15) is 0 Å². The summed E-state index contributed by atoms with van der Waals surface area (Å²) in [4.78, 5) is 59.1. The summed E-state index contributed by atoms with van der Waals surface area (Å²) in [5.74, 6) is -7.76. The van der Waals surface area contributed by atoms with Gasteiger partial charge in [0.15, 0.2) is 35.7 Å². The number of ketones is 1. The van der Waals surface area contributed by atoms with Gasteiger partial charge in [-0.15, -0.1) is 0 Å². The second kappa shape index (κ2) is 26.2. The standard InChI is InChI=1S/C64H104F2N2O18/c1-18-47-62(13,77)52(72)38(7)68(16)32-33(2)29-60(11,76)54(36(5)50(37(6)55(74)83-47)85-49-31-61(12,79-17)53(73)39(8)82-49)86-56-51(45(67(14)15)26-35(4)81-56)84-48(71)21-19-20-24-80-57(75)64(78)34(3)25-41-42-28-44(65)43-27-40(69)22-23-58(43,9)63(42,66)46(70)30-59(41,64)10/h22-23,27,33-39,41-42,44-47,49-54,56,70,72-73,76-78H,18-21,24-26,28-32H2,1-17H3/t33-,34-,35-,36+,37-,38-,39?,41?,42?,44+,45-,46+,47-,49-,50+,51-,52-,53-,54-,56+,58+,59+,60-,61+,62-,63+,64+/m1/s1. The van der Waals surface area contributed by atoms with Crippen LogP contribution in [0.15, 0.2) is 23.8 Å². The summed E-state index contributed by atoms with van der Waals surface area (Å²) in [6, 6.07) is -1.11. The fraction of sp³-hybridized carbons (Fsp3) is 0.875. The molecule has 3 heterocycles. The molecule has 0 aromatic rings. The van der Waals surface area contributed by atoms with Crippen LogP contribution in [-0.2, 0) is 57.1 Å². The number of fused-ring (bicyclic) bond motifs is 5. The zero-order valence-corrected chi connectivity index (χ0v) is 54.0. The van der Waals surface area contributed by atoms with Gasteiger partial charge in [0.05, 0.1) is 60.3 Å². The maximum absolute atomic E-state index is 17.8. The number of cyclic esters (lactones) is 1. The summed E-state index contributed by atoms with van der Waals surface area (Å²) in [5, 5.41) is 72.2. The number of hydrogen-bond acceptors (Lipinski definition) is 20. The van der Waals surface area contributed by atoms with Crippen LogP contribution in [0.4, 0.5) is 8.78 Å². The quantitative estimate of drug-likeness (QED) is 0.0716. The van der Waals surface area contributed by atoms with Crippen LogP contribution in [0.2, 0.25) is 0 Å². The maximum atomic E-state index is 17.8. The van der Waals surface area contributed by atoms with Crippen molar-refractivity contribution in [1.82, 2.24) is 9.80 Å². The first-order chi connectivity index (χ1) is 39.8. The molecule has 0 aromatic carbocycles. The molecule has 3 saturated carbocycles. The average Bonchev–Trinajstić information content (AvgIpc) is 1.30. The lowest BCUT2D eigenvalue weighted by atomic mass is 9.44. The van der Waals surface area contributed by atoms with Crippen molar-refractivity contribution < 1.29 is 96.5 Å². The zero-order valence-electron chi connectivity index (χ0n) is 54.0. The Morgan fingerprint density at radius 2 is 1.52 bits per heavy atom. The fourth-order valence-electron chi connectivity index (χ4n) is 16.7. The SMILES string of the molecule is CC[C@H]1OC(=O)[C@H](C)[C@@H](O[C@@H]2C[C@](C)(OC)[C@H](O)C(C)O2)[C@H](C)[C@@H](O[C@@H]2O[C@H](C)C[C@@H](N(C)C)[C@H]2OC(=O)CCCCOC(=O)[C@@]2(O)[C@H](C)CC3C4C[C@H](F)C5=CC(=O)C=C[C@]5(C)[C@@]4(F)[C@@H](O)C[C@@]32C)[C@](C)(O)C[C@@H](C)CN(C)[C@H](C)[C@@H](O)[C@]1(C)O. The van der Waals surface area contributed by atoms with Crippen LogP contribution in [-0.4, -0.2) is 219 Å². The maximum Gasteiger partial charge on any atom is 0.338 e. The molecule has 3 aliphatic heterocycles. The second-order valence-electron chi connectivity index (χ2n) is 28.5. The number of esters is 3. The topological polar surface area (TPSA) is 270 Å². The largest absolute Gasteiger partial charge is 0.464 e. The van der Waals surface area contributed by atoms with E-state index in [1.165, 1.54) is 33.1 Å². The predicted molar refractivity (Wildman–Crippen MR) is 311 cm³/mol. The minimum Gasteiger partial charge on any atom is -0.464 e. The number of unbranched alkanes of at least 4 members (excludes halogenated alkanes) is 1. The molecule has 7 rings (SSSR count). The van der Waals surface area contributed by atoms with E-state index in [-0.39, 0.29) is 75.9 Å². The molecule has 0 spiro atoms. The molecule has 27 atom stereocenters. The van der Waals surface area contributed by atoms with E-state index >= 15 is 8.78 Å². The molecule has 3 saturated heterocycles. The van der Waals surface area contributed by atoms with Crippen LogP contribution in [0.5, 0.6) is 0 Å². The normalized spacial score (nSPS) is 48.9. The Labute approximate surface area is 507 Å². The Hall–Kier alpha value is -3.10. The molecule has 0 bridgehead atoms. The summed E-state index contributed by atoms with van der Waals surface area (Å²) >= 11 is 0. The van der Waals surface area contributed by atoms with Gasteiger partial charge < -0.3 is 78.3 Å². The molecule has 7 aliphatic rings. The lowest BCUT2D eigenvalue weighted by Crippen LogP contribution is -2.70. The third-order valence-corrected chi connectivity index (χ3v) is 22.0. The fourth-order valence-corrected chi connectivity index (χ4v) is 16.7. The van der Waals surface area contributed by atoms with Gasteiger partial charge in [-0.3, -0.25) is 14.4 Å². The highest BCUT2D eigenvalue weighted by Gasteiger charge is 2.77. The Balaban J connectivity index is 1.10. The molecule has 4 aliphatic carbocycles. The van der Waals surface area contributed by atoms with Gasteiger partial charge >= 0.3 is 17.9 Å². The molecular formula is C64H104F2N2O18. The van der Waals surface area contributed by atoms with Crippen LogP contribution in [0.25, 0.3) is 0 Å². The number of carbonyl (C=O) groups excluding carboxylic acids is 4. The number of aliphatic hydroxyl groups is 6. The van der Waals surface area contributed by atoms with Gasteiger partial charge in [0.1, 0.15) is 30.1 Å². The van der Waals surface area contributed by atoms with Crippen LogP contribution in [0.1, 0.15) is 154 Å². The van der Waals surface area contributed by atoms with Crippen molar-refractivity contribution in [2.45, 2.75) is 268 Å². The van der Waals surface area contributed by atoms with Crippen molar-refractivity contribution in [3.63, 3.8) is 0 Å². The molecule has 0 amide bonds. The van der Waals surface area contributed by atoms with Crippen molar-refractivity contribution in [1.29, 1.82) is 0 Å². The number of alkyl halides is 2. The van der Waals surface area contributed by atoms with Gasteiger partial charge in [0.2, 0.25) is 0 Å². The smallest absolute Gasteiger partial charge is 0.338 e. The number of nitrogens with zero attached hydrogens (tertiary/aromatic N) is 2. The molecule has 6 N–H and O–H groups in total. The first kappa shape index (κ1) is 70.4. The van der Waals surface area contributed by atoms with E-state index in [2.05, 4.69) is 0 Å². The molecule has 86 heavy (non-hydrogen) atoms. The van der Waals surface area contributed by atoms with Crippen LogP contribution >= 0.6 is 0 Å². The monoisotopic (exact) mass is 1230 g/mol. The molecule has 3 unspecified atom stereocenters. The van der Waals surface area contributed by atoms with Crippen molar-refractivity contribution >= 4 is 23.7 Å². The first-order valence-corrected chi connectivity index (χ1v) is 31.4. The summed E-state index contributed by atoms with van der Waals surface area (Å²) in [6.07, 6.45) is -10.0. The van der Waals surface area contributed by atoms with Gasteiger partial charge in [-0.05, 0) is 163 Å². The highest BCUT2D eigenvalue weighted by molar-refractivity contribution is 6.01. The molecule has 492 valence electrons. The minimum absolute atomic E-state index is 0.0230. The Morgan fingerprint density at radius 3 is 2.15 bits per heavy atom. The highest BCUT2D eigenvalue weighted by atomic mass is 19.1. The number of carbonyl (C=O) groups is 4. The van der Waals surface area contributed by atoms with E-state index in [0.717, 1.165) is 6.08 Å². The van der Waals surface area contributed by atoms with E-state index in [9.17, 15) is 49.8 Å². The van der Waals surface area contributed by atoms with Crippen LogP contribution < -0.4 is 0 Å². The van der Waals surface area contributed by atoms with E-state index in [1.54, 1.807) is 69.4 Å². The molecular weight excluding hydrogens is 1120 g/mol. The summed E-state index contributed by atoms with van der Waals surface area (Å²) < 4.78 is 84.7. The van der Waals surface area contributed by atoms with Gasteiger partial charge in [0, 0.05) is 55.2 Å². The molecule has 20 nitrogen and oxygen atoms in total. The number of aliphatic hydroxyl groups excluding tert-OH is 3. The van der Waals surface area contributed by atoms with Crippen molar-refractivity contribution in [2.24, 2.45) is 46.3 Å². The number of halogens is 2. The highest BCUT2D eigenvalue weighted by Crippen LogP contribution is 2.71. The van der Waals surface area contributed by atoms with Gasteiger partial charge in [-0.1, -0.05) is 40.7 Å². The van der Waals surface area contributed by atoms with Crippen LogP contribution in [0, 0.1) is 46.3 Å². The number of allylic oxidation sites excluding steroid dienone is 4. The molecule has 6 fully saturated rings. The lowest BCUT2D eigenvalue weighted by molar-refractivity contribution is -0.319.